The molecule has 1 heterocycles. The first-order chi connectivity index (χ1) is 10.5. The number of carbonyl (C=O) groups is 1. The van der Waals surface area contributed by atoms with Crippen molar-refractivity contribution in [3.8, 4) is 0 Å². The van der Waals surface area contributed by atoms with Gasteiger partial charge in [-0.15, -0.1) is 11.3 Å². The molecular formula is C18H16O2S2. The van der Waals surface area contributed by atoms with E-state index >= 15 is 0 Å². The standard InChI is InChI=1S/C18H16O2S2/c1-12(2)16(21)11-14-5-3-4-13(10-14)6-7-15-8-9-17(22-15)18(19)20/h3-10H,1,11H2,2H3,(H,19,20). The van der Waals surface area contributed by atoms with Crippen LogP contribution < -0.4 is 0 Å². The fourth-order valence-electron chi connectivity index (χ4n) is 1.88. The number of benzene rings is 1. The van der Waals surface area contributed by atoms with Gasteiger partial charge in [-0.1, -0.05) is 49.1 Å². The minimum absolute atomic E-state index is 0.347. The van der Waals surface area contributed by atoms with Gasteiger partial charge in [0.15, 0.2) is 0 Å². The van der Waals surface area contributed by atoms with Crippen LogP contribution in [0.25, 0.3) is 12.2 Å². The van der Waals surface area contributed by atoms with Gasteiger partial charge >= 0.3 is 5.97 Å². The Morgan fingerprint density at radius 3 is 2.73 bits per heavy atom. The monoisotopic (exact) mass is 328 g/mol. The van der Waals surface area contributed by atoms with Crippen molar-refractivity contribution in [1.29, 1.82) is 0 Å². The minimum Gasteiger partial charge on any atom is -0.477 e. The maximum Gasteiger partial charge on any atom is 0.345 e. The summed E-state index contributed by atoms with van der Waals surface area (Å²) in [7, 11) is 0. The van der Waals surface area contributed by atoms with Crippen molar-refractivity contribution in [2.75, 3.05) is 0 Å². The molecule has 2 nitrogen and oxygen atoms in total. The van der Waals surface area contributed by atoms with Gasteiger partial charge in [0.05, 0.1) is 0 Å². The van der Waals surface area contributed by atoms with E-state index in [4.69, 9.17) is 17.3 Å². The molecule has 0 unspecified atom stereocenters. The van der Waals surface area contributed by atoms with Crippen molar-refractivity contribution >= 4 is 46.5 Å². The second kappa shape index (κ2) is 7.29. The number of carboxylic acids is 1. The van der Waals surface area contributed by atoms with Crippen LogP contribution in [0.1, 0.15) is 32.6 Å². The molecule has 0 saturated carbocycles. The highest BCUT2D eigenvalue weighted by Gasteiger charge is 2.05. The average Bonchev–Trinajstić information content (AvgIpc) is 2.94. The Hall–Kier alpha value is -2.04. The lowest BCUT2D eigenvalue weighted by atomic mass is 10.0. The van der Waals surface area contributed by atoms with Gasteiger partial charge in [0.25, 0.3) is 0 Å². The number of thiophene rings is 1. The van der Waals surface area contributed by atoms with Crippen LogP contribution in [0.15, 0.2) is 48.6 Å². The third kappa shape index (κ3) is 4.48. The largest absolute Gasteiger partial charge is 0.477 e. The molecule has 0 bridgehead atoms. The molecule has 0 fully saturated rings. The Bertz CT molecular complexity index is 754. The molecule has 0 aliphatic carbocycles. The lowest BCUT2D eigenvalue weighted by molar-refractivity contribution is 0.0702. The minimum atomic E-state index is -0.889. The van der Waals surface area contributed by atoms with E-state index in [1.807, 2.05) is 43.3 Å². The van der Waals surface area contributed by atoms with Crippen LogP contribution in [0.3, 0.4) is 0 Å². The summed E-state index contributed by atoms with van der Waals surface area (Å²) in [6.45, 7) is 5.78. The lowest BCUT2D eigenvalue weighted by Gasteiger charge is -2.04. The van der Waals surface area contributed by atoms with Crippen molar-refractivity contribution in [2.24, 2.45) is 0 Å². The average molecular weight is 328 g/mol. The molecule has 0 saturated heterocycles. The number of carboxylic acid groups (broad SMARTS) is 1. The van der Waals surface area contributed by atoms with E-state index in [1.165, 1.54) is 11.3 Å². The van der Waals surface area contributed by atoms with Gasteiger partial charge in [0, 0.05) is 16.2 Å². The molecule has 0 aliphatic heterocycles. The molecule has 0 radical (unpaired) electrons. The Labute approximate surface area is 139 Å². The zero-order valence-electron chi connectivity index (χ0n) is 12.2. The van der Waals surface area contributed by atoms with E-state index < -0.39 is 5.97 Å². The van der Waals surface area contributed by atoms with Crippen molar-refractivity contribution in [2.45, 2.75) is 13.3 Å². The molecule has 0 aliphatic rings. The normalized spacial score (nSPS) is 10.8. The summed E-state index contributed by atoms with van der Waals surface area (Å²) in [6.07, 6.45) is 4.62. The molecule has 4 heteroatoms. The lowest BCUT2D eigenvalue weighted by Crippen LogP contribution is -2.00. The molecule has 1 aromatic carbocycles. The van der Waals surface area contributed by atoms with E-state index in [-0.39, 0.29) is 0 Å². The molecule has 2 rings (SSSR count). The van der Waals surface area contributed by atoms with Crippen LogP contribution >= 0.6 is 23.6 Å². The van der Waals surface area contributed by atoms with Crippen molar-refractivity contribution in [3.63, 3.8) is 0 Å². The van der Waals surface area contributed by atoms with Crippen LogP contribution in [-0.2, 0) is 6.42 Å². The summed E-state index contributed by atoms with van der Waals surface area (Å²) < 4.78 is 0. The Morgan fingerprint density at radius 1 is 1.32 bits per heavy atom. The Kier molecular flexibility index (Phi) is 5.41. The van der Waals surface area contributed by atoms with Crippen LogP contribution in [0.2, 0.25) is 0 Å². The number of thiocarbonyl (C=S) groups is 1. The zero-order chi connectivity index (χ0) is 16.1. The molecule has 0 spiro atoms. The van der Waals surface area contributed by atoms with E-state index in [2.05, 4.69) is 12.6 Å². The number of hydrogen-bond donors (Lipinski definition) is 1. The summed E-state index contributed by atoms with van der Waals surface area (Å²) in [4.78, 5) is 13.0. The van der Waals surface area contributed by atoms with Gasteiger partial charge in [-0.25, -0.2) is 4.79 Å². The number of allylic oxidation sites excluding steroid dienone is 1. The highest BCUT2D eigenvalue weighted by molar-refractivity contribution is 7.80. The van der Waals surface area contributed by atoms with Crippen molar-refractivity contribution in [1.82, 2.24) is 0 Å². The molecule has 0 atom stereocenters. The molecular weight excluding hydrogens is 312 g/mol. The maximum atomic E-state index is 10.9. The quantitative estimate of drug-likeness (QED) is 0.592. The topological polar surface area (TPSA) is 37.3 Å². The zero-order valence-corrected chi connectivity index (χ0v) is 13.8. The molecule has 0 amide bonds. The first-order valence-corrected chi connectivity index (χ1v) is 7.97. The number of rotatable bonds is 6. The number of hydrogen-bond acceptors (Lipinski definition) is 3. The summed E-state index contributed by atoms with van der Waals surface area (Å²) in [5.41, 5.74) is 3.13. The van der Waals surface area contributed by atoms with Crippen LogP contribution in [0.5, 0.6) is 0 Å². The van der Waals surface area contributed by atoms with Crippen molar-refractivity contribution in [3.05, 3.63) is 69.4 Å². The van der Waals surface area contributed by atoms with E-state index in [1.54, 1.807) is 6.07 Å². The van der Waals surface area contributed by atoms with Crippen LogP contribution in [0.4, 0.5) is 0 Å². The predicted octanol–water partition coefficient (Wildman–Crippen LogP) is 5.11. The van der Waals surface area contributed by atoms with Crippen LogP contribution in [-0.4, -0.2) is 15.9 Å². The molecule has 1 aromatic heterocycles. The van der Waals surface area contributed by atoms with E-state index in [0.29, 0.717) is 11.3 Å². The third-order valence-electron chi connectivity index (χ3n) is 3.07. The molecule has 112 valence electrons. The Balaban J connectivity index is 2.12. The maximum absolute atomic E-state index is 10.9. The van der Waals surface area contributed by atoms with Gasteiger partial charge in [0.2, 0.25) is 0 Å². The fraction of sp³-hybridized carbons (Fsp3) is 0.111. The highest BCUT2D eigenvalue weighted by Crippen LogP contribution is 2.19. The van der Waals surface area contributed by atoms with Gasteiger partial charge in [-0.3, -0.25) is 0 Å². The van der Waals surface area contributed by atoms with Gasteiger partial charge in [0.1, 0.15) is 4.88 Å². The number of aromatic carboxylic acids is 1. The van der Waals surface area contributed by atoms with E-state index in [9.17, 15) is 4.79 Å². The summed E-state index contributed by atoms with van der Waals surface area (Å²) in [6, 6.07) is 11.6. The Morgan fingerprint density at radius 2 is 2.09 bits per heavy atom. The molecule has 22 heavy (non-hydrogen) atoms. The van der Waals surface area contributed by atoms with Gasteiger partial charge < -0.3 is 5.11 Å². The highest BCUT2D eigenvalue weighted by atomic mass is 32.1. The van der Waals surface area contributed by atoms with Gasteiger partial charge in [-0.05, 0) is 41.8 Å². The first-order valence-electron chi connectivity index (χ1n) is 6.74. The smallest absolute Gasteiger partial charge is 0.345 e. The SMILES string of the molecule is C=C(C)C(=S)Cc1cccc(C=Cc2ccc(C(=O)O)s2)c1. The second-order valence-corrected chi connectivity index (χ2v) is 6.57. The van der Waals surface area contributed by atoms with E-state index in [0.717, 1.165) is 26.4 Å². The predicted molar refractivity (Wildman–Crippen MR) is 97.8 cm³/mol. The summed E-state index contributed by atoms with van der Waals surface area (Å²) in [5, 5.41) is 8.92. The first kappa shape index (κ1) is 16.3. The summed E-state index contributed by atoms with van der Waals surface area (Å²) in [5.74, 6) is -0.889. The second-order valence-electron chi connectivity index (χ2n) is 4.97. The molecule has 1 N–H and O–H groups in total. The van der Waals surface area contributed by atoms with Crippen molar-refractivity contribution < 1.29 is 9.90 Å². The fourth-order valence-corrected chi connectivity index (χ4v) is 2.79. The summed E-state index contributed by atoms with van der Waals surface area (Å²) >= 11 is 6.56. The molecule has 2 aromatic rings. The van der Waals surface area contributed by atoms with Crippen LogP contribution in [0, 0.1) is 0 Å². The third-order valence-corrected chi connectivity index (χ3v) is 4.60. The van der Waals surface area contributed by atoms with Gasteiger partial charge in [-0.2, -0.15) is 0 Å².